The van der Waals surface area contributed by atoms with Gasteiger partial charge in [-0.25, -0.2) is 0 Å². The van der Waals surface area contributed by atoms with Crippen molar-refractivity contribution in [3.05, 3.63) is 140 Å². The fourth-order valence-corrected chi connectivity index (χ4v) is 11.3. The Labute approximate surface area is 233 Å². The third kappa shape index (κ3) is 3.35. The van der Waals surface area contributed by atoms with Crippen molar-refractivity contribution in [1.29, 1.82) is 0 Å². The zero-order valence-electron chi connectivity index (χ0n) is 21.0. The molecule has 4 heteroatoms. The first-order valence-corrected chi connectivity index (χ1v) is 17.1. The van der Waals surface area contributed by atoms with Gasteiger partial charge in [-0.05, 0) is 0 Å². The summed E-state index contributed by atoms with van der Waals surface area (Å²) in [5.41, 5.74) is 2.29. The summed E-state index contributed by atoms with van der Waals surface area (Å²) in [6.45, 7) is 0. The molecule has 2 nitrogen and oxygen atoms in total. The first-order chi connectivity index (χ1) is 19.2. The number of imidazole rings is 1. The summed E-state index contributed by atoms with van der Waals surface area (Å²) in [5.74, 6) is 0. The second kappa shape index (κ2) is 8.76. The standard InChI is InChI=1S/C35H23N2PSe/c39-38(26-14-3-1-4-15-26,27-16-5-2-6-17-27)33-21-11-20-32-34(33)36-35-30-23-25-13-8-7-12-24(25)22-29(30)28-18-9-10-19-31(28)37(32)35/h1-23H. The van der Waals surface area contributed by atoms with E-state index in [1.165, 1.54) is 48.4 Å². The molecule has 184 valence electrons. The van der Waals surface area contributed by atoms with E-state index in [9.17, 15) is 0 Å². The van der Waals surface area contributed by atoms with E-state index >= 15 is 0 Å². The van der Waals surface area contributed by atoms with Crippen LogP contribution in [-0.4, -0.2) is 24.5 Å². The van der Waals surface area contributed by atoms with Gasteiger partial charge in [0.15, 0.2) is 0 Å². The number of benzene rings is 6. The number of fused-ring (bicyclic) bond motifs is 9. The molecule has 0 amide bonds. The summed E-state index contributed by atoms with van der Waals surface area (Å²) in [6.07, 6.45) is 0. The molecule has 0 bridgehead atoms. The molecule has 0 fully saturated rings. The van der Waals surface area contributed by atoms with Crippen LogP contribution in [0.25, 0.3) is 49.1 Å². The fraction of sp³-hybridized carbons (Fsp3) is 0. The van der Waals surface area contributed by atoms with E-state index in [-0.39, 0.29) is 0 Å². The van der Waals surface area contributed by atoms with Crippen molar-refractivity contribution in [3.63, 3.8) is 0 Å². The summed E-state index contributed by atoms with van der Waals surface area (Å²) >= 11 is 3.74. The van der Waals surface area contributed by atoms with Crippen molar-refractivity contribution in [2.75, 3.05) is 0 Å². The topological polar surface area (TPSA) is 17.3 Å². The third-order valence-corrected chi connectivity index (χ3v) is 14.8. The molecule has 0 N–H and O–H groups in total. The van der Waals surface area contributed by atoms with Crippen LogP contribution in [0.3, 0.4) is 0 Å². The SMILES string of the molecule is [Se]=P(c1ccccc1)(c1ccccc1)c1cccc2c1nc1c3cc4ccccc4cc3c3ccccc3n21. The van der Waals surface area contributed by atoms with Crippen molar-refractivity contribution in [3.8, 4) is 0 Å². The molecule has 0 aliphatic carbocycles. The molecular formula is C35H23N2PSe. The molecule has 6 aromatic carbocycles. The molecule has 2 aromatic heterocycles. The average molecular weight is 582 g/mol. The molecule has 0 aliphatic rings. The molecule has 0 spiro atoms. The zero-order chi connectivity index (χ0) is 26.0. The van der Waals surface area contributed by atoms with Gasteiger partial charge in [0, 0.05) is 0 Å². The molecule has 2 heterocycles. The van der Waals surface area contributed by atoms with Gasteiger partial charge in [0.2, 0.25) is 0 Å². The minimum absolute atomic E-state index is 1.00. The quantitative estimate of drug-likeness (QED) is 0.0925. The van der Waals surface area contributed by atoms with Gasteiger partial charge in [0.05, 0.1) is 0 Å². The van der Waals surface area contributed by atoms with E-state index in [0.29, 0.717) is 0 Å². The van der Waals surface area contributed by atoms with Gasteiger partial charge < -0.3 is 0 Å². The number of hydrogen-bond acceptors (Lipinski definition) is 1. The van der Waals surface area contributed by atoms with E-state index in [0.717, 1.165) is 16.7 Å². The van der Waals surface area contributed by atoms with E-state index in [1.54, 1.807) is 0 Å². The van der Waals surface area contributed by atoms with Gasteiger partial charge >= 0.3 is 235 Å². The molecule has 0 unspecified atom stereocenters. The Morgan fingerprint density at radius 3 is 1.77 bits per heavy atom. The van der Waals surface area contributed by atoms with E-state index < -0.39 is 5.51 Å². The Morgan fingerprint density at radius 1 is 0.513 bits per heavy atom. The minimum atomic E-state index is -2.09. The van der Waals surface area contributed by atoms with Crippen LogP contribution in [0.1, 0.15) is 0 Å². The number of pyridine rings is 1. The van der Waals surface area contributed by atoms with Crippen LogP contribution < -0.4 is 15.9 Å². The maximum atomic E-state index is 5.49. The van der Waals surface area contributed by atoms with Crippen molar-refractivity contribution in [1.82, 2.24) is 9.38 Å². The monoisotopic (exact) mass is 582 g/mol. The molecule has 0 radical (unpaired) electrons. The second-order valence-electron chi connectivity index (χ2n) is 9.96. The van der Waals surface area contributed by atoms with Gasteiger partial charge in [-0.15, -0.1) is 0 Å². The molecule has 8 aromatic rings. The number of para-hydroxylation sites is 2. The van der Waals surface area contributed by atoms with E-state index in [4.69, 9.17) is 4.98 Å². The number of hydrogen-bond donors (Lipinski definition) is 0. The van der Waals surface area contributed by atoms with Gasteiger partial charge in [-0.2, -0.15) is 0 Å². The van der Waals surface area contributed by atoms with Crippen molar-refractivity contribution in [2.24, 2.45) is 0 Å². The predicted octanol–water partition coefficient (Wildman–Crippen LogP) is 7.32. The fourth-order valence-electron chi connectivity index (χ4n) is 6.01. The first kappa shape index (κ1) is 22.9. The van der Waals surface area contributed by atoms with Crippen LogP contribution in [0.4, 0.5) is 0 Å². The number of rotatable bonds is 3. The Balaban J connectivity index is 1.57. The summed E-state index contributed by atoms with van der Waals surface area (Å²) in [6, 6.07) is 50.4. The van der Waals surface area contributed by atoms with Gasteiger partial charge in [0.1, 0.15) is 0 Å². The number of nitrogens with zero attached hydrogens (tertiary/aromatic N) is 2. The predicted molar refractivity (Wildman–Crippen MR) is 170 cm³/mol. The zero-order valence-corrected chi connectivity index (χ0v) is 23.6. The summed E-state index contributed by atoms with van der Waals surface area (Å²) in [7, 11) is 0. The van der Waals surface area contributed by atoms with E-state index in [1.807, 2.05) is 0 Å². The van der Waals surface area contributed by atoms with E-state index in [2.05, 4.69) is 159 Å². The Bertz CT molecular complexity index is 2210. The van der Waals surface area contributed by atoms with Crippen LogP contribution in [0.2, 0.25) is 0 Å². The summed E-state index contributed by atoms with van der Waals surface area (Å²) in [4.78, 5) is 5.49. The van der Waals surface area contributed by atoms with Crippen LogP contribution >= 0.6 is 5.51 Å². The molecule has 8 rings (SSSR count). The Morgan fingerprint density at radius 2 is 1.08 bits per heavy atom. The summed E-state index contributed by atoms with van der Waals surface area (Å²) in [5, 5.41) is 10.0. The third-order valence-electron chi connectivity index (χ3n) is 7.80. The molecule has 0 saturated heterocycles. The Kier molecular flexibility index (Phi) is 5.15. The van der Waals surface area contributed by atoms with Crippen LogP contribution in [0, 0.1) is 0 Å². The average Bonchev–Trinajstić information content (AvgIpc) is 3.41. The van der Waals surface area contributed by atoms with Crippen molar-refractivity contribution < 1.29 is 0 Å². The van der Waals surface area contributed by atoms with Gasteiger partial charge in [-0.3, -0.25) is 0 Å². The first-order valence-electron chi connectivity index (χ1n) is 13.1. The maximum absolute atomic E-state index is 5.49. The van der Waals surface area contributed by atoms with Gasteiger partial charge in [0.25, 0.3) is 0 Å². The van der Waals surface area contributed by atoms with Crippen LogP contribution in [0.5, 0.6) is 0 Å². The van der Waals surface area contributed by atoms with Gasteiger partial charge in [-0.1, -0.05) is 0 Å². The van der Waals surface area contributed by atoms with Crippen LogP contribution in [-0.2, 0) is 0 Å². The molecule has 0 atom stereocenters. The van der Waals surface area contributed by atoms with Crippen molar-refractivity contribution in [2.45, 2.75) is 0 Å². The molecular weight excluding hydrogens is 558 g/mol. The molecule has 0 saturated carbocycles. The van der Waals surface area contributed by atoms with Crippen molar-refractivity contribution >= 4 is 85.6 Å². The Hall–Kier alpha value is -4.00. The second-order valence-corrected chi connectivity index (χ2v) is 16.1. The van der Waals surface area contributed by atoms with Crippen LogP contribution in [0.15, 0.2) is 140 Å². The summed E-state index contributed by atoms with van der Waals surface area (Å²) < 4.78 is 2.37. The molecule has 39 heavy (non-hydrogen) atoms. The normalized spacial score (nSPS) is 12.2. The number of aromatic nitrogens is 2. The molecule has 0 aliphatic heterocycles.